The zero-order chi connectivity index (χ0) is 22.1. The number of nitrogens with zero attached hydrogens (tertiary/aromatic N) is 2. The predicted octanol–water partition coefficient (Wildman–Crippen LogP) is 3.36. The largest absolute Gasteiger partial charge is 0.497 e. The lowest BCUT2D eigenvalue weighted by atomic mass is 10.1. The molecule has 0 spiro atoms. The molecule has 0 saturated carbocycles. The van der Waals surface area contributed by atoms with Crippen molar-refractivity contribution in [1.82, 2.24) is 9.55 Å². The van der Waals surface area contributed by atoms with Gasteiger partial charge < -0.3 is 14.5 Å². The second kappa shape index (κ2) is 7.75. The van der Waals surface area contributed by atoms with Gasteiger partial charge in [0.2, 0.25) is 0 Å². The molecule has 0 aliphatic carbocycles. The first-order valence-corrected chi connectivity index (χ1v) is 8.13. The summed E-state index contributed by atoms with van der Waals surface area (Å²) in [6.07, 6.45) is -4.97. The molecule has 0 amide bonds. The van der Waals surface area contributed by atoms with Gasteiger partial charge in [0.25, 0.3) is 5.56 Å². The van der Waals surface area contributed by atoms with E-state index in [-0.39, 0.29) is 27.7 Å². The Morgan fingerprint density at radius 2 is 1.70 bits per heavy atom. The summed E-state index contributed by atoms with van der Waals surface area (Å²) < 4.78 is 63.5. The lowest BCUT2D eigenvalue weighted by Gasteiger charge is -2.13. The van der Waals surface area contributed by atoms with Gasteiger partial charge in [-0.15, -0.1) is 0 Å². The molecule has 11 heteroatoms. The number of benzene rings is 2. The van der Waals surface area contributed by atoms with Crippen molar-refractivity contribution in [2.45, 2.75) is 6.18 Å². The maximum Gasteiger partial charge on any atom is 0.431 e. The third-order valence-electron chi connectivity index (χ3n) is 3.94. The van der Waals surface area contributed by atoms with Crippen molar-refractivity contribution >= 4 is 0 Å². The maximum atomic E-state index is 14.5. The topological polar surface area (TPSA) is 97.1 Å². The van der Waals surface area contributed by atoms with Crippen LogP contribution in [0.5, 0.6) is 17.2 Å². The van der Waals surface area contributed by atoms with Gasteiger partial charge in [-0.2, -0.15) is 18.4 Å². The molecule has 1 N–H and O–H groups in total. The van der Waals surface area contributed by atoms with E-state index >= 15 is 0 Å². The number of alkyl halides is 3. The van der Waals surface area contributed by atoms with Crippen LogP contribution in [0, 0.1) is 17.1 Å². The summed E-state index contributed by atoms with van der Waals surface area (Å²) in [5.74, 6) is -0.657. The van der Waals surface area contributed by atoms with Crippen LogP contribution in [0.4, 0.5) is 17.6 Å². The molecule has 154 valence electrons. The summed E-state index contributed by atoms with van der Waals surface area (Å²) in [6.45, 7) is 0. The molecule has 0 unspecified atom stereocenters. The van der Waals surface area contributed by atoms with Crippen LogP contribution in [0.3, 0.4) is 0 Å². The second-order valence-corrected chi connectivity index (χ2v) is 5.85. The molecule has 0 radical (unpaired) electrons. The Bertz CT molecular complexity index is 1220. The Kier molecular flexibility index (Phi) is 5.33. The van der Waals surface area contributed by atoms with Crippen molar-refractivity contribution in [3.8, 4) is 29.0 Å². The van der Waals surface area contributed by atoms with Crippen LogP contribution in [0.2, 0.25) is 0 Å². The van der Waals surface area contributed by atoms with Crippen molar-refractivity contribution in [2.24, 2.45) is 0 Å². The molecule has 0 atom stereocenters. The first-order chi connectivity index (χ1) is 14.1. The fourth-order valence-corrected chi connectivity index (χ4v) is 2.53. The van der Waals surface area contributed by atoms with Crippen LogP contribution >= 0.6 is 0 Å². The van der Waals surface area contributed by atoms with E-state index in [0.717, 1.165) is 6.07 Å². The van der Waals surface area contributed by atoms with Crippen LogP contribution in [0.15, 0.2) is 52.1 Å². The van der Waals surface area contributed by atoms with E-state index in [1.807, 2.05) is 0 Å². The van der Waals surface area contributed by atoms with Gasteiger partial charge >= 0.3 is 11.9 Å². The average molecular weight is 421 g/mol. The molecule has 0 fully saturated rings. The summed E-state index contributed by atoms with van der Waals surface area (Å²) in [5, 5.41) is 9.22. The summed E-state index contributed by atoms with van der Waals surface area (Å²) in [4.78, 5) is 25.7. The van der Waals surface area contributed by atoms with Gasteiger partial charge in [-0.3, -0.25) is 4.79 Å². The normalized spacial score (nSPS) is 11.1. The van der Waals surface area contributed by atoms with Crippen molar-refractivity contribution < 1.29 is 27.0 Å². The number of aromatic nitrogens is 2. The summed E-state index contributed by atoms with van der Waals surface area (Å²) >= 11 is 0. The Hall–Kier alpha value is -4.07. The first kappa shape index (κ1) is 20.7. The molecular formula is C19H11F4N3O4. The van der Waals surface area contributed by atoms with E-state index in [9.17, 15) is 32.4 Å². The Morgan fingerprint density at radius 3 is 2.23 bits per heavy atom. The zero-order valence-corrected chi connectivity index (χ0v) is 15.1. The number of methoxy groups -OCH3 is 1. The van der Waals surface area contributed by atoms with E-state index in [4.69, 9.17) is 9.47 Å². The molecule has 2 aromatic carbocycles. The fourth-order valence-electron chi connectivity index (χ4n) is 2.53. The summed E-state index contributed by atoms with van der Waals surface area (Å²) in [6, 6.07) is 9.49. The van der Waals surface area contributed by atoms with Gasteiger partial charge in [-0.05, 0) is 30.3 Å². The second-order valence-electron chi connectivity index (χ2n) is 5.85. The minimum Gasteiger partial charge on any atom is -0.497 e. The van der Waals surface area contributed by atoms with Gasteiger partial charge in [0.15, 0.2) is 0 Å². The Balaban J connectivity index is 2.13. The van der Waals surface area contributed by atoms with Gasteiger partial charge in [-0.25, -0.2) is 13.8 Å². The van der Waals surface area contributed by atoms with Crippen molar-refractivity contribution in [2.75, 3.05) is 7.11 Å². The van der Waals surface area contributed by atoms with Crippen LogP contribution < -0.4 is 20.7 Å². The lowest BCUT2D eigenvalue weighted by Crippen LogP contribution is -2.36. The zero-order valence-electron chi connectivity index (χ0n) is 15.1. The first-order valence-electron chi connectivity index (χ1n) is 8.13. The number of rotatable bonds is 4. The Labute approximate surface area is 165 Å². The highest BCUT2D eigenvalue weighted by molar-refractivity contribution is 5.53. The van der Waals surface area contributed by atoms with E-state index in [1.54, 1.807) is 18.2 Å². The van der Waals surface area contributed by atoms with Gasteiger partial charge in [0.1, 0.15) is 34.8 Å². The average Bonchev–Trinajstić information content (AvgIpc) is 2.69. The fraction of sp³-hybridized carbons (Fsp3) is 0.105. The number of ether oxygens (including phenoxy) is 2. The molecule has 3 rings (SSSR count). The minimum atomic E-state index is -4.97. The molecule has 0 aliphatic rings. The van der Waals surface area contributed by atoms with E-state index in [1.165, 1.54) is 24.2 Å². The van der Waals surface area contributed by atoms with Gasteiger partial charge in [0, 0.05) is 12.1 Å². The number of nitriles is 1. The van der Waals surface area contributed by atoms with E-state index in [2.05, 4.69) is 0 Å². The summed E-state index contributed by atoms with van der Waals surface area (Å²) in [5.41, 5.74) is -5.43. The van der Waals surface area contributed by atoms with Crippen molar-refractivity contribution in [1.29, 1.82) is 5.26 Å². The summed E-state index contributed by atoms with van der Waals surface area (Å²) in [7, 11) is 1.45. The third-order valence-corrected chi connectivity index (χ3v) is 3.94. The number of halogens is 4. The van der Waals surface area contributed by atoms with Crippen LogP contribution in [0.25, 0.3) is 5.69 Å². The highest BCUT2D eigenvalue weighted by atomic mass is 19.4. The van der Waals surface area contributed by atoms with Gasteiger partial charge in [-0.1, -0.05) is 0 Å². The number of H-pyrrole nitrogens is 1. The number of aromatic amines is 1. The van der Waals surface area contributed by atoms with Crippen LogP contribution in [-0.4, -0.2) is 16.7 Å². The number of hydrogen-bond acceptors (Lipinski definition) is 5. The van der Waals surface area contributed by atoms with Crippen LogP contribution in [0.1, 0.15) is 11.3 Å². The monoisotopic (exact) mass is 421 g/mol. The number of hydrogen-bond donors (Lipinski definition) is 1. The molecule has 1 aromatic heterocycles. The van der Waals surface area contributed by atoms with Crippen molar-refractivity contribution in [3.05, 3.63) is 80.4 Å². The molecule has 3 aromatic rings. The van der Waals surface area contributed by atoms with E-state index in [0.29, 0.717) is 11.8 Å². The molecular weight excluding hydrogens is 410 g/mol. The SMILES string of the molecule is COc1ccc(Oc2cc(-n3c(=O)cc(C(F)(F)F)[nH]c3=O)c(F)cc2C#N)cc1. The molecule has 0 saturated heterocycles. The highest BCUT2D eigenvalue weighted by Crippen LogP contribution is 2.30. The van der Waals surface area contributed by atoms with Crippen LogP contribution in [-0.2, 0) is 6.18 Å². The standard InChI is InChI=1S/C19H11F4N3O4/c1-29-11-2-4-12(5-3-11)30-15-7-14(13(20)6-10(15)9-24)26-17(27)8-16(19(21,22)23)25-18(26)28/h2-8H,1H3,(H,25,28). The minimum absolute atomic E-state index is 0.128. The van der Waals surface area contributed by atoms with E-state index < -0.39 is 34.6 Å². The molecule has 0 bridgehead atoms. The molecule has 1 heterocycles. The smallest absolute Gasteiger partial charge is 0.431 e. The Morgan fingerprint density at radius 1 is 1.07 bits per heavy atom. The highest BCUT2D eigenvalue weighted by Gasteiger charge is 2.33. The predicted molar refractivity (Wildman–Crippen MR) is 95.4 cm³/mol. The molecule has 7 nitrogen and oxygen atoms in total. The number of nitrogens with one attached hydrogen (secondary N) is 1. The van der Waals surface area contributed by atoms with Crippen molar-refractivity contribution in [3.63, 3.8) is 0 Å². The molecule has 30 heavy (non-hydrogen) atoms. The maximum absolute atomic E-state index is 14.5. The van der Waals surface area contributed by atoms with Gasteiger partial charge in [0.05, 0.1) is 18.4 Å². The lowest BCUT2D eigenvalue weighted by molar-refractivity contribution is -0.141. The quantitative estimate of drug-likeness (QED) is 0.652. The third kappa shape index (κ3) is 4.02. The molecule has 0 aliphatic heterocycles.